The molecule has 36 heavy (non-hydrogen) atoms. The topological polar surface area (TPSA) is 125 Å². The summed E-state index contributed by atoms with van der Waals surface area (Å²) in [6.07, 6.45) is 6.65. The van der Waals surface area contributed by atoms with Crippen molar-refractivity contribution in [2.75, 3.05) is 39.3 Å². The standard InChI is InChI=1S/C24H34N8O3Si/c1-36(2,3)13-12-35-18-31-7-5-21-22(26-17-27-23(21)31)19-14-28-32(15-19)20(4-6-25)16-29-8-10-30(11-9-29)24(33)34/h5,7,14-15,17,20H,4,8-13,16,18H2,1-3H3,(H,33,34). The molecule has 0 aromatic carbocycles. The third kappa shape index (κ3) is 6.29. The second-order valence-electron chi connectivity index (χ2n) is 10.4. The van der Waals surface area contributed by atoms with Crippen LogP contribution in [0.2, 0.25) is 25.7 Å². The molecule has 0 aliphatic carbocycles. The number of carbonyl (C=O) groups is 1. The van der Waals surface area contributed by atoms with Crippen molar-refractivity contribution in [1.29, 1.82) is 5.26 Å². The zero-order valence-corrected chi connectivity index (χ0v) is 22.2. The summed E-state index contributed by atoms with van der Waals surface area (Å²) < 4.78 is 9.73. The van der Waals surface area contributed by atoms with Gasteiger partial charge in [0.1, 0.15) is 18.7 Å². The fourth-order valence-electron chi connectivity index (χ4n) is 4.31. The summed E-state index contributed by atoms with van der Waals surface area (Å²) in [5.41, 5.74) is 2.46. The first kappa shape index (κ1) is 25.8. The van der Waals surface area contributed by atoms with Gasteiger partial charge in [0.2, 0.25) is 0 Å². The fraction of sp³-hybridized carbons (Fsp3) is 0.542. The minimum Gasteiger partial charge on any atom is -0.465 e. The van der Waals surface area contributed by atoms with Crippen LogP contribution in [0.15, 0.2) is 31.0 Å². The average molecular weight is 511 g/mol. The predicted octanol–water partition coefficient (Wildman–Crippen LogP) is 3.36. The quantitative estimate of drug-likeness (QED) is 0.325. The second kappa shape index (κ2) is 11.2. The maximum absolute atomic E-state index is 11.2. The van der Waals surface area contributed by atoms with Crippen molar-refractivity contribution < 1.29 is 14.6 Å². The van der Waals surface area contributed by atoms with E-state index in [2.05, 4.69) is 45.7 Å². The summed E-state index contributed by atoms with van der Waals surface area (Å²) in [5.74, 6) is 0. The Labute approximate surface area is 211 Å². The van der Waals surface area contributed by atoms with Crippen LogP contribution >= 0.6 is 0 Å². The van der Waals surface area contributed by atoms with Gasteiger partial charge in [0.25, 0.3) is 0 Å². The first-order valence-corrected chi connectivity index (χ1v) is 15.9. The molecule has 0 spiro atoms. The molecule has 1 atom stereocenters. The van der Waals surface area contributed by atoms with Crippen LogP contribution in [0.25, 0.3) is 22.3 Å². The fourth-order valence-corrected chi connectivity index (χ4v) is 5.06. The molecule has 1 unspecified atom stereocenters. The van der Waals surface area contributed by atoms with Crippen LogP contribution in [0.5, 0.6) is 0 Å². The third-order valence-corrected chi connectivity index (χ3v) is 8.17. The van der Waals surface area contributed by atoms with Crippen molar-refractivity contribution in [3.8, 4) is 17.3 Å². The molecule has 1 amide bonds. The van der Waals surface area contributed by atoms with Crippen molar-refractivity contribution in [2.24, 2.45) is 0 Å². The zero-order valence-electron chi connectivity index (χ0n) is 21.2. The minimum absolute atomic E-state index is 0.137. The molecule has 0 saturated carbocycles. The highest BCUT2D eigenvalue weighted by atomic mass is 28.3. The van der Waals surface area contributed by atoms with Crippen LogP contribution in [0.1, 0.15) is 12.5 Å². The number of amides is 1. The van der Waals surface area contributed by atoms with Gasteiger partial charge in [-0.15, -0.1) is 0 Å². The van der Waals surface area contributed by atoms with Gasteiger partial charge in [-0.2, -0.15) is 10.4 Å². The van der Waals surface area contributed by atoms with E-state index in [1.807, 2.05) is 27.7 Å². The van der Waals surface area contributed by atoms with E-state index in [-0.39, 0.29) is 6.04 Å². The molecule has 1 aliphatic heterocycles. The van der Waals surface area contributed by atoms with E-state index in [9.17, 15) is 15.2 Å². The van der Waals surface area contributed by atoms with Gasteiger partial charge in [-0.05, 0) is 12.1 Å². The smallest absolute Gasteiger partial charge is 0.407 e. The van der Waals surface area contributed by atoms with E-state index in [4.69, 9.17) is 4.74 Å². The zero-order chi connectivity index (χ0) is 25.7. The molecule has 192 valence electrons. The van der Waals surface area contributed by atoms with Crippen molar-refractivity contribution >= 4 is 25.2 Å². The van der Waals surface area contributed by atoms with Gasteiger partial charge in [0.05, 0.1) is 30.4 Å². The number of hydrogen-bond donors (Lipinski definition) is 1. The monoisotopic (exact) mass is 510 g/mol. The summed E-state index contributed by atoms with van der Waals surface area (Å²) in [4.78, 5) is 23.8. The Hall–Kier alpha value is -3.27. The Balaban J connectivity index is 1.46. The number of nitriles is 1. The van der Waals surface area contributed by atoms with E-state index >= 15 is 0 Å². The molecule has 0 bridgehead atoms. The highest BCUT2D eigenvalue weighted by molar-refractivity contribution is 6.76. The van der Waals surface area contributed by atoms with Crippen LogP contribution in [0.3, 0.4) is 0 Å². The Morgan fingerprint density at radius 2 is 2.03 bits per heavy atom. The number of ether oxygens (including phenoxy) is 1. The summed E-state index contributed by atoms with van der Waals surface area (Å²) in [6.45, 7) is 11.0. The Kier molecular flexibility index (Phi) is 8.03. The lowest BCUT2D eigenvalue weighted by Gasteiger charge is -2.34. The number of rotatable bonds is 10. The first-order valence-electron chi connectivity index (χ1n) is 12.2. The molecule has 12 heteroatoms. The number of nitrogens with zero attached hydrogens (tertiary/aromatic N) is 8. The number of carboxylic acid groups (broad SMARTS) is 1. The molecule has 0 radical (unpaired) electrons. The number of piperazine rings is 1. The average Bonchev–Trinajstić information content (AvgIpc) is 3.49. The van der Waals surface area contributed by atoms with Gasteiger partial charge in [0, 0.05) is 70.7 Å². The van der Waals surface area contributed by atoms with Crippen molar-refractivity contribution in [3.05, 3.63) is 31.0 Å². The van der Waals surface area contributed by atoms with Crippen LogP contribution in [-0.4, -0.2) is 92.7 Å². The second-order valence-corrected chi connectivity index (χ2v) is 16.0. The highest BCUT2D eigenvalue weighted by Crippen LogP contribution is 2.27. The molecular weight excluding hydrogens is 476 g/mol. The molecule has 11 nitrogen and oxygen atoms in total. The molecular formula is C24H34N8O3Si. The SMILES string of the molecule is C[Si](C)(C)CCOCn1ccc2c(-c3cnn(C(CC#N)CN4CCN(C(=O)O)CC4)c3)ncnc21. The van der Waals surface area contributed by atoms with Crippen molar-refractivity contribution in [3.63, 3.8) is 0 Å². The Morgan fingerprint density at radius 3 is 2.72 bits per heavy atom. The third-order valence-electron chi connectivity index (χ3n) is 6.47. The Bertz CT molecular complexity index is 1220. The van der Waals surface area contributed by atoms with Gasteiger partial charge in [-0.3, -0.25) is 9.58 Å². The van der Waals surface area contributed by atoms with E-state index in [0.717, 1.165) is 34.9 Å². The van der Waals surface area contributed by atoms with E-state index in [0.29, 0.717) is 45.9 Å². The molecule has 1 saturated heterocycles. The first-order chi connectivity index (χ1) is 17.2. The molecule has 4 heterocycles. The summed E-state index contributed by atoms with van der Waals surface area (Å²) in [5, 5.41) is 24.1. The maximum atomic E-state index is 11.2. The van der Waals surface area contributed by atoms with Crippen molar-refractivity contribution in [2.45, 2.75) is 44.9 Å². The normalized spacial score (nSPS) is 15.8. The Morgan fingerprint density at radius 1 is 1.25 bits per heavy atom. The van der Waals surface area contributed by atoms with Crippen molar-refractivity contribution in [1.82, 2.24) is 34.1 Å². The van der Waals surface area contributed by atoms with E-state index in [1.54, 1.807) is 12.5 Å². The van der Waals surface area contributed by atoms with Crippen LogP contribution in [0.4, 0.5) is 4.79 Å². The van der Waals surface area contributed by atoms with Crippen LogP contribution in [-0.2, 0) is 11.5 Å². The lowest BCUT2D eigenvalue weighted by molar-refractivity contribution is 0.0899. The molecule has 1 aliphatic rings. The van der Waals surface area contributed by atoms with Gasteiger partial charge < -0.3 is 19.3 Å². The number of hydrogen-bond acceptors (Lipinski definition) is 7. The van der Waals surface area contributed by atoms with Gasteiger partial charge in [-0.1, -0.05) is 19.6 Å². The summed E-state index contributed by atoms with van der Waals surface area (Å²) in [6, 6.07) is 5.24. The van der Waals surface area contributed by atoms with E-state index in [1.165, 1.54) is 4.90 Å². The molecule has 4 rings (SSSR count). The molecule has 1 fully saturated rings. The molecule has 1 N–H and O–H groups in total. The molecule has 3 aromatic heterocycles. The van der Waals surface area contributed by atoms with Gasteiger partial charge in [0.15, 0.2) is 0 Å². The maximum Gasteiger partial charge on any atom is 0.407 e. The van der Waals surface area contributed by atoms with Gasteiger partial charge in [-0.25, -0.2) is 14.8 Å². The van der Waals surface area contributed by atoms with Crippen LogP contribution < -0.4 is 0 Å². The largest absolute Gasteiger partial charge is 0.465 e. The summed E-state index contributed by atoms with van der Waals surface area (Å²) >= 11 is 0. The highest BCUT2D eigenvalue weighted by Gasteiger charge is 2.24. The minimum atomic E-state index is -1.14. The molecule has 3 aromatic rings. The summed E-state index contributed by atoms with van der Waals surface area (Å²) in [7, 11) is -1.14. The van der Waals surface area contributed by atoms with E-state index < -0.39 is 14.2 Å². The predicted molar refractivity (Wildman–Crippen MR) is 138 cm³/mol. The lowest BCUT2D eigenvalue weighted by atomic mass is 10.1. The van der Waals surface area contributed by atoms with Gasteiger partial charge >= 0.3 is 6.09 Å². The number of fused-ring (bicyclic) bond motifs is 1. The number of aromatic nitrogens is 5. The lowest BCUT2D eigenvalue weighted by Crippen LogP contribution is -2.49. The van der Waals surface area contributed by atoms with Crippen LogP contribution in [0, 0.1) is 11.3 Å².